The number of hydrogen-bond acceptors (Lipinski definition) is 2. The molecule has 78 valence electrons. The van der Waals surface area contributed by atoms with Gasteiger partial charge in [0.05, 0.1) is 0 Å². The maximum Gasteiger partial charge on any atom is 0.0187 e. The van der Waals surface area contributed by atoms with Crippen LogP contribution < -0.4 is 0 Å². The molecule has 2 heteroatoms. The Kier molecular flexibility index (Phi) is 6.20. The monoisotopic (exact) mass is 226 g/mol. The highest BCUT2D eigenvalue weighted by molar-refractivity contribution is 7.98. The summed E-state index contributed by atoms with van der Waals surface area (Å²) in [5.74, 6) is 4.73. The Balaban J connectivity index is 2.60. The van der Waals surface area contributed by atoms with E-state index in [1.165, 1.54) is 22.6 Å². The highest BCUT2D eigenvalue weighted by atomic mass is 32.2. The van der Waals surface area contributed by atoms with Gasteiger partial charge in [-0.1, -0.05) is 38.1 Å². The third-order valence-electron chi connectivity index (χ3n) is 2.04. The summed E-state index contributed by atoms with van der Waals surface area (Å²) >= 11 is 4.00. The van der Waals surface area contributed by atoms with E-state index < -0.39 is 0 Å². The molecule has 0 saturated heterocycles. The number of thioether (sulfide) groups is 2. The molecule has 0 atom stereocenters. The minimum atomic E-state index is 1.16. The van der Waals surface area contributed by atoms with Gasteiger partial charge in [-0.25, -0.2) is 0 Å². The lowest BCUT2D eigenvalue weighted by atomic mass is 10.1. The smallest absolute Gasteiger partial charge is 0.0187 e. The second kappa shape index (κ2) is 7.24. The topological polar surface area (TPSA) is 0 Å². The molecule has 0 unspecified atom stereocenters. The van der Waals surface area contributed by atoms with Gasteiger partial charge in [0.15, 0.2) is 0 Å². The number of benzene rings is 1. The Morgan fingerprint density at radius 2 is 1.29 bits per heavy atom. The van der Waals surface area contributed by atoms with Crippen LogP contribution in [0.5, 0.6) is 0 Å². The molecule has 0 aliphatic rings. The van der Waals surface area contributed by atoms with Gasteiger partial charge < -0.3 is 0 Å². The van der Waals surface area contributed by atoms with Crippen molar-refractivity contribution in [1.82, 2.24) is 0 Å². The zero-order valence-electron chi connectivity index (χ0n) is 8.95. The fourth-order valence-electron chi connectivity index (χ4n) is 1.26. The molecule has 0 aliphatic heterocycles. The van der Waals surface area contributed by atoms with E-state index in [-0.39, 0.29) is 0 Å². The average Bonchev–Trinajstić information content (AvgIpc) is 2.24. The zero-order valence-corrected chi connectivity index (χ0v) is 10.6. The molecular weight excluding hydrogens is 208 g/mol. The van der Waals surface area contributed by atoms with Crippen molar-refractivity contribution in [2.24, 2.45) is 0 Å². The Labute approximate surface area is 95.9 Å². The third-order valence-corrected chi connectivity index (χ3v) is 3.89. The first-order chi connectivity index (χ1) is 6.88. The summed E-state index contributed by atoms with van der Waals surface area (Å²) in [5.41, 5.74) is 3.03. The second-order valence-corrected chi connectivity index (χ2v) is 5.59. The Bertz CT molecular complexity index is 231. The molecule has 0 saturated carbocycles. The van der Waals surface area contributed by atoms with Gasteiger partial charge in [-0.05, 0) is 22.6 Å². The first-order valence-electron chi connectivity index (χ1n) is 5.10. The van der Waals surface area contributed by atoms with Crippen LogP contribution in [-0.2, 0) is 11.5 Å². The SMILES string of the molecule is CCSCc1ccccc1CSCC. The quantitative estimate of drug-likeness (QED) is 0.713. The summed E-state index contributed by atoms with van der Waals surface area (Å²) in [6.07, 6.45) is 0. The van der Waals surface area contributed by atoms with Crippen molar-refractivity contribution in [2.45, 2.75) is 25.4 Å². The van der Waals surface area contributed by atoms with Crippen LogP contribution in [0.15, 0.2) is 24.3 Å². The van der Waals surface area contributed by atoms with E-state index in [0.29, 0.717) is 0 Å². The van der Waals surface area contributed by atoms with Crippen LogP contribution in [0.1, 0.15) is 25.0 Å². The van der Waals surface area contributed by atoms with Crippen molar-refractivity contribution in [3.63, 3.8) is 0 Å². The van der Waals surface area contributed by atoms with Crippen LogP contribution in [0.2, 0.25) is 0 Å². The van der Waals surface area contributed by atoms with E-state index in [9.17, 15) is 0 Å². The van der Waals surface area contributed by atoms with Gasteiger partial charge in [-0.3, -0.25) is 0 Å². The fourth-order valence-corrected chi connectivity index (χ4v) is 2.67. The van der Waals surface area contributed by atoms with Gasteiger partial charge in [-0.15, -0.1) is 0 Å². The summed E-state index contributed by atoms with van der Waals surface area (Å²) in [5, 5.41) is 0. The standard InChI is InChI=1S/C12H18S2/c1-3-13-9-11-7-5-6-8-12(11)10-14-4-2/h5-8H,3-4,9-10H2,1-2H3. The van der Waals surface area contributed by atoms with Crippen LogP contribution in [0.25, 0.3) is 0 Å². The summed E-state index contributed by atoms with van der Waals surface area (Å²) in [7, 11) is 0. The summed E-state index contributed by atoms with van der Waals surface area (Å²) in [6.45, 7) is 4.43. The largest absolute Gasteiger partial charge is 0.157 e. The average molecular weight is 226 g/mol. The lowest BCUT2D eigenvalue weighted by Gasteiger charge is -2.07. The van der Waals surface area contributed by atoms with Gasteiger partial charge >= 0.3 is 0 Å². The molecule has 0 bridgehead atoms. The van der Waals surface area contributed by atoms with E-state index in [1.54, 1.807) is 0 Å². The van der Waals surface area contributed by atoms with Crippen LogP contribution in [-0.4, -0.2) is 11.5 Å². The zero-order chi connectivity index (χ0) is 10.2. The maximum atomic E-state index is 2.26. The molecule has 0 aliphatic carbocycles. The van der Waals surface area contributed by atoms with Crippen molar-refractivity contribution in [1.29, 1.82) is 0 Å². The van der Waals surface area contributed by atoms with Crippen molar-refractivity contribution in [3.05, 3.63) is 35.4 Å². The molecule has 0 fully saturated rings. The molecule has 1 rings (SSSR count). The summed E-state index contributed by atoms with van der Waals surface area (Å²) in [4.78, 5) is 0. The van der Waals surface area contributed by atoms with Crippen molar-refractivity contribution < 1.29 is 0 Å². The molecule has 1 aromatic carbocycles. The molecule has 0 radical (unpaired) electrons. The third kappa shape index (κ3) is 3.97. The van der Waals surface area contributed by atoms with E-state index in [1.807, 2.05) is 23.5 Å². The molecule has 0 spiro atoms. The fraction of sp³-hybridized carbons (Fsp3) is 0.500. The van der Waals surface area contributed by atoms with Crippen LogP contribution in [0.4, 0.5) is 0 Å². The Morgan fingerprint density at radius 1 is 0.857 bits per heavy atom. The van der Waals surface area contributed by atoms with Gasteiger partial charge in [0.25, 0.3) is 0 Å². The predicted molar refractivity (Wildman–Crippen MR) is 70.1 cm³/mol. The molecule has 14 heavy (non-hydrogen) atoms. The van der Waals surface area contributed by atoms with Crippen molar-refractivity contribution in [3.8, 4) is 0 Å². The number of hydrogen-bond donors (Lipinski definition) is 0. The summed E-state index contributed by atoms with van der Waals surface area (Å²) in [6, 6.07) is 8.81. The number of rotatable bonds is 6. The Hall–Kier alpha value is -0.0800. The molecule has 0 aromatic heterocycles. The molecule has 1 aromatic rings. The normalized spacial score (nSPS) is 10.4. The van der Waals surface area contributed by atoms with Crippen molar-refractivity contribution >= 4 is 23.5 Å². The van der Waals surface area contributed by atoms with Crippen LogP contribution >= 0.6 is 23.5 Å². The van der Waals surface area contributed by atoms with Crippen LogP contribution in [0.3, 0.4) is 0 Å². The summed E-state index contributed by atoms with van der Waals surface area (Å²) < 4.78 is 0. The lowest BCUT2D eigenvalue weighted by molar-refractivity contribution is 1.27. The highest BCUT2D eigenvalue weighted by Crippen LogP contribution is 2.20. The Morgan fingerprint density at radius 3 is 1.64 bits per heavy atom. The minimum absolute atomic E-state index is 1.16. The van der Waals surface area contributed by atoms with E-state index in [2.05, 4.69) is 38.1 Å². The van der Waals surface area contributed by atoms with Crippen LogP contribution in [0, 0.1) is 0 Å². The maximum absolute atomic E-state index is 2.26. The molecular formula is C12H18S2. The molecule has 0 N–H and O–H groups in total. The van der Waals surface area contributed by atoms with Crippen molar-refractivity contribution in [2.75, 3.05) is 11.5 Å². The van der Waals surface area contributed by atoms with Gasteiger partial charge in [-0.2, -0.15) is 23.5 Å². The predicted octanol–water partition coefficient (Wildman–Crippen LogP) is 4.19. The second-order valence-electron chi connectivity index (χ2n) is 3.04. The van der Waals surface area contributed by atoms with Gasteiger partial charge in [0, 0.05) is 11.5 Å². The van der Waals surface area contributed by atoms with E-state index in [4.69, 9.17) is 0 Å². The van der Waals surface area contributed by atoms with E-state index >= 15 is 0 Å². The first-order valence-corrected chi connectivity index (χ1v) is 7.41. The first kappa shape index (κ1) is 12.0. The van der Waals surface area contributed by atoms with E-state index in [0.717, 1.165) is 11.5 Å². The van der Waals surface area contributed by atoms with Gasteiger partial charge in [0.1, 0.15) is 0 Å². The molecule has 0 heterocycles. The molecule has 0 amide bonds. The molecule has 0 nitrogen and oxygen atoms in total. The van der Waals surface area contributed by atoms with Gasteiger partial charge in [0.2, 0.25) is 0 Å². The minimum Gasteiger partial charge on any atom is -0.157 e. The lowest BCUT2D eigenvalue weighted by Crippen LogP contribution is -1.90. The highest BCUT2D eigenvalue weighted by Gasteiger charge is 2.00.